The maximum absolute atomic E-state index is 11.9. The molecule has 0 aliphatic carbocycles. The van der Waals surface area contributed by atoms with Gasteiger partial charge in [0.05, 0.1) is 4.47 Å². The lowest BCUT2D eigenvalue weighted by molar-refractivity contribution is 0.0636. The molecule has 1 N–H and O–H groups in total. The maximum Gasteiger partial charge on any atom is 0.412 e. The van der Waals surface area contributed by atoms with Crippen LogP contribution in [0.2, 0.25) is 0 Å². The molecule has 0 radical (unpaired) electrons. The van der Waals surface area contributed by atoms with E-state index < -0.39 is 11.7 Å². The summed E-state index contributed by atoms with van der Waals surface area (Å²) in [6, 6.07) is 11.6. The van der Waals surface area contributed by atoms with E-state index in [2.05, 4.69) is 27.3 Å². The molecule has 0 unspecified atom stereocenters. The molecule has 0 bridgehead atoms. The summed E-state index contributed by atoms with van der Waals surface area (Å²) in [6.45, 7) is 5.49. The van der Waals surface area contributed by atoms with Gasteiger partial charge in [0.2, 0.25) is 0 Å². The van der Waals surface area contributed by atoms with Crippen molar-refractivity contribution >= 4 is 27.7 Å². The van der Waals surface area contributed by atoms with Gasteiger partial charge in [-0.2, -0.15) is 0 Å². The van der Waals surface area contributed by atoms with Gasteiger partial charge in [-0.05, 0) is 54.4 Å². The van der Waals surface area contributed by atoms with Gasteiger partial charge >= 0.3 is 6.09 Å². The fourth-order valence-corrected chi connectivity index (χ4v) is 2.91. The minimum absolute atomic E-state index is 0.477. The lowest BCUT2D eigenvalue weighted by Gasteiger charge is -2.23. The zero-order valence-electron chi connectivity index (χ0n) is 13.3. The molecule has 0 saturated heterocycles. The van der Waals surface area contributed by atoms with Crippen LogP contribution in [0.15, 0.2) is 40.9 Å². The molecule has 0 spiro atoms. The Hall–Kier alpha value is -2.01. The van der Waals surface area contributed by atoms with Crippen molar-refractivity contribution in [2.24, 2.45) is 0 Å². The molecule has 23 heavy (non-hydrogen) atoms. The van der Waals surface area contributed by atoms with E-state index in [1.165, 1.54) is 0 Å². The molecule has 2 aromatic carbocycles. The van der Waals surface area contributed by atoms with Gasteiger partial charge in [0.1, 0.15) is 17.1 Å². The zero-order chi connectivity index (χ0) is 16.6. The predicted octanol–water partition coefficient (Wildman–Crippen LogP) is 5.49. The molecule has 3 rings (SSSR count). The summed E-state index contributed by atoms with van der Waals surface area (Å²) in [5.74, 6) is 1.58. The van der Waals surface area contributed by atoms with Gasteiger partial charge in [-0.15, -0.1) is 0 Å². The fraction of sp³-hybridized carbons (Fsp3) is 0.278. The number of para-hydroxylation sites is 1. The van der Waals surface area contributed by atoms with E-state index in [1.54, 1.807) is 0 Å². The molecule has 2 aromatic rings. The van der Waals surface area contributed by atoms with Crippen LogP contribution in [-0.2, 0) is 11.2 Å². The smallest absolute Gasteiger partial charge is 0.412 e. The lowest BCUT2D eigenvalue weighted by atomic mass is 10.00. The van der Waals surface area contributed by atoms with Crippen LogP contribution in [-0.4, -0.2) is 11.7 Å². The maximum atomic E-state index is 11.9. The molecule has 4 nitrogen and oxygen atoms in total. The molecule has 5 heteroatoms. The van der Waals surface area contributed by atoms with Crippen molar-refractivity contribution in [3.05, 3.63) is 52.0 Å². The normalized spacial score (nSPS) is 12.7. The Labute approximate surface area is 143 Å². The Morgan fingerprint density at radius 3 is 2.74 bits per heavy atom. The second-order valence-corrected chi connectivity index (χ2v) is 7.31. The summed E-state index contributed by atoms with van der Waals surface area (Å²) < 4.78 is 12.2. The number of fused-ring (bicyclic) bond motifs is 2. The van der Waals surface area contributed by atoms with Gasteiger partial charge in [0.15, 0.2) is 0 Å². The molecule has 1 aliphatic heterocycles. The number of halogens is 1. The van der Waals surface area contributed by atoms with Crippen molar-refractivity contribution < 1.29 is 14.3 Å². The SMILES string of the molecule is CC(C)(C)OC(=O)Nc1ccc2c(c1)Oc1c(Br)cccc1C2. The topological polar surface area (TPSA) is 47.6 Å². The molecule has 1 heterocycles. The van der Waals surface area contributed by atoms with Crippen molar-refractivity contribution in [1.29, 1.82) is 0 Å². The third-order valence-corrected chi connectivity index (χ3v) is 3.98. The largest absolute Gasteiger partial charge is 0.456 e. The van der Waals surface area contributed by atoms with E-state index in [0.29, 0.717) is 5.69 Å². The van der Waals surface area contributed by atoms with Crippen LogP contribution in [0.1, 0.15) is 31.9 Å². The number of hydrogen-bond acceptors (Lipinski definition) is 3. The second-order valence-electron chi connectivity index (χ2n) is 6.46. The van der Waals surface area contributed by atoms with Crippen LogP contribution >= 0.6 is 15.9 Å². The Morgan fingerprint density at radius 2 is 2.00 bits per heavy atom. The number of nitrogens with one attached hydrogen (secondary N) is 1. The first-order chi connectivity index (χ1) is 10.8. The van der Waals surface area contributed by atoms with Crippen LogP contribution in [0, 0.1) is 0 Å². The zero-order valence-corrected chi connectivity index (χ0v) is 14.9. The summed E-state index contributed by atoms with van der Waals surface area (Å²) in [4.78, 5) is 11.9. The minimum Gasteiger partial charge on any atom is -0.456 e. The number of hydrogen-bond donors (Lipinski definition) is 1. The molecule has 1 amide bonds. The van der Waals surface area contributed by atoms with E-state index in [4.69, 9.17) is 9.47 Å². The Balaban J connectivity index is 1.80. The highest BCUT2D eigenvalue weighted by molar-refractivity contribution is 9.10. The number of ether oxygens (including phenoxy) is 2. The summed E-state index contributed by atoms with van der Waals surface area (Å²) >= 11 is 3.51. The lowest BCUT2D eigenvalue weighted by Crippen LogP contribution is -2.27. The van der Waals surface area contributed by atoms with Crippen LogP contribution in [0.25, 0.3) is 0 Å². The number of benzene rings is 2. The average Bonchev–Trinajstić information content (AvgIpc) is 2.44. The summed E-state index contributed by atoms with van der Waals surface area (Å²) in [5, 5.41) is 2.73. The Bertz CT molecular complexity index is 765. The standard InChI is InChI=1S/C18H18BrNO3/c1-18(2,3)23-17(21)20-13-8-7-11-9-12-5-4-6-14(19)16(12)22-15(11)10-13/h4-8,10H,9H2,1-3H3,(H,20,21). The van der Waals surface area contributed by atoms with E-state index in [9.17, 15) is 4.79 Å². The summed E-state index contributed by atoms with van der Waals surface area (Å²) in [6.07, 6.45) is 0.325. The molecule has 0 atom stereocenters. The van der Waals surface area contributed by atoms with Gasteiger partial charge < -0.3 is 9.47 Å². The van der Waals surface area contributed by atoms with Gasteiger partial charge in [-0.3, -0.25) is 5.32 Å². The number of carbonyl (C=O) groups excluding carboxylic acids is 1. The average molecular weight is 376 g/mol. The van der Waals surface area contributed by atoms with Crippen LogP contribution in [0.3, 0.4) is 0 Å². The van der Waals surface area contributed by atoms with Crippen LogP contribution in [0.5, 0.6) is 11.5 Å². The number of amides is 1. The highest BCUT2D eigenvalue weighted by Crippen LogP contribution is 2.41. The van der Waals surface area contributed by atoms with Crippen molar-refractivity contribution in [2.75, 3.05) is 5.32 Å². The first kappa shape index (κ1) is 15.9. The monoisotopic (exact) mass is 375 g/mol. The highest BCUT2D eigenvalue weighted by atomic mass is 79.9. The van der Waals surface area contributed by atoms with Crippen molar-refractivity contribution in [3.8, 4) is 11.5 Å². The third-order valence-electron chi connectivity index (χ3n) is 3.35. The van der Waals surface area contributed by atoms with Crippen molar-refractivity contribution in [2.45, 2.75) is 32.8 Å². The molecule has 1 aliphatic rings. The van der Waals surface area contributed by atoms with Gasteiger partial charge in [0.25, 0.3) is 0 Å². The second kappa shape index (κ2) is 5.89. The van der Waals surface area contributed by atoms with Crippen molar-refractivity contribution in [1.82, 2.24) is 0 Å². The highest BCUT2D eigenvalue weighted by Gasteiger charge is 2.20. The third kappa shape index (κ3) is 3.67. The first-order valence-electron chi connectivity index (χ1n) is 7.40. The molecule has 0 saturated carbocycles. The summed E-state index contributed by atoms with van der Waals surface area (Å²) in [7, 11) is 0. The van der Waals surface area contributed by atoms with E-state index in [0.717, 1.165) is 33.5 Å². The molecule has 120 valence electrons. The molecule has 0 fully saturated rings. The van der Waals surface area contributed by atoms with E-state index >= 15 is 0 Å². The number of anilines is 1. The van der Waals surface area contributed by atoms with Gasteiger partial charge in [0, 0.05) is 23.7 Å². The van der Waals surface area contributed by atoms with Gasteiger partial charge in [-0.1, -0.05) is 18.2 Å². The Kier molecular flexibility index (Phi) is 4.06. The molecular weight excluding hydrogens is 358 g/mol. The number of rotatable bonds is 1. The van der Waals surface area contributed by atoms with E-state index in [1.807, 2.05) is 51.1 Å². The predicted molar refractivity (Wildman–Crippen MR) is 93.3 cm³/mol. The molecule has 0 aromatic heterocycles. The summed E-state index contributed by atoms with van der Waals surface area (Å²) in [5.41, 5.74) is 2.34. The van der Waals surface area contributed by atoms with Gasteiger partial charge in [-0.25, -0.2) is 4.79 Å². The van der Waals surface area contributed by atoms with Crippen LogP contribution < -0.4 is 10.1 Å². The fourth-order valence-electron chi connectivity index (χ4n) is 2.42. The van der Waals surface area contributed by atoms with Crippen molar-refractivity contribution in [3.63, 3.8) is 0 Å². The van der Waals surface area contributed by atoms with Crippen LogP contribution in [0.4, 0.5) is 10.5 Å². The molecular formula is C18H18BrNO3. The number of carbonyl (C=O) groups is 1. The first-order valence-corrected chi connectivity index (χ1v) is 8.19. The Morgan fingerprint density at radius 1 is 1.22 bits per heavy atom. The van der Waals surface area contributed by atoms with E-state index in [-0.39, 0.29) is 0 Å². The minimum atomic E-state index is -0.529. The quantitative estimate of drug-likeness (QED) is 0.611.